The zero-order valence-corrected chi connectivity index (χ0v) is 13.2. The molecule has 1 aromatic carbocycles. The van der Waals surface area contributed by atoms with Gasteiger partial charge in [-0.25, -0.2) is 0 Å². The van der Waals surface area contributed by atoms with E-state index in [-0.39, 0.29) is 5.41 Å². The maximum Gasteiger partial charge on any atom is 0.0327 e. The topological polar surface area (TPSA) is 12.0 Å². The quantitative estimate of drug-likeness (QED) is 0.819. The van der Waals surface area contributed by atoms with E-state index in [4.69, 9.17) is 0 Å². The van der Waals surface area contributed by atoms with Crippen LogP contribution in [0.4, 0.5) is 0 Å². The molecule has 18 heavy (non-hydrogen) atoms. The summed E-state index contributed by atoms with van der Waals surface area (Å²) in [5.74, 6) is 1.21. The van der Waals surface area contributed by atoms with E-state index in [0.717, 1.165) is 6.54 Å². The van der Waals surface area contributed by atoms with Gasteiger partial charge in [-0.2, -0.15) is 11.8 Å². The first-order valence-corrected chi connectivity index (χ1v) is 8.21. The van der Waals surface area contributed by atoms with Crippen LogP contribution in [0.1, 0.15) is 51.3 Å². The van der Waals surface area contributed by atoms with Crippen LogP contribution in [-0.2, 0) is 5.41 Å². The Bertz CT molecular complexity index is 337. The molecule has 0 fully saturated rings. The Morgan fingerprint density at radius 1 is 1.17 bits per heavy atom. The third-order valence-electron chi connectivity index (χ3n) is 3.24. The van der Waals surface area contributed by atoms with E-state index in [1.54, 1.807) is 0 Å². The van der Waals surface area contributed by atoms with Crippen molar-refractivity contribution in [1.29, 1.82) is 0 Å². The van der Waals surface area contributed by atoms with Crippen LogP contribution < -0.4 is 5.32 Å². The van der Waals surface area contributed by atoms with Crippen molar-refractivity contribution in [2.75, 3.05) is 18.6 Å². The summed E-state index contributed by atoms with van der Waals surface area (Å²) >= 11 is 1.92. The molecule has 1 N–H and O–H groups in total. The van der Waals surface area contributed by atoms with E-state index >= 15 is 0 Å². The molecular formula is C16H27NS. The van der Waals surface area contributed by atoms with Crippen molar-refractivity contribution < 1.29 is 0 Å². The smallest absolute Gasteiger partial charge is 0.0327 e. The Kier molecular flexibility index (Phi) is 6.24. The average molecular weight is 265 g/mol. The molecule has 0 aliphatic carbocycles. The van der Waals surface area contributed by atoms with Crippen LogP contribution >= 0.6 is 11.8 Å². The number of hydrogen-bond donors (Lipinski definition) is 1. The molecule has 0 saturated carbocycles. The molecule has 0 aromatic heterocycles. The Labute approximate surface area is 117 Å². The summed E-state index contributed by atoms with van der Waals surface area (Å²) in [5.41, 5.74) is 3.07. The highest BCUT2D eigenvalue weighted by Crippen LogP contribution is 2.25. The van der Waals surface area contributed by atoms with Gasteiger partial charge in [0.2, 0.25) is 0 Å². The standard InChI is InChI=1S/C16H27NS/c1-6-17-15(11-12-18-5)13-7-9-14(10-8-13)16(2,3)4/h7-10,15,17H,6,11-12H2,1-5H3. The highest BCUT2D eigenvalue weighted by Gasteiger charge is 2.15. The fourth-order valence-electron chi connectivity index (χ4n) is 2.08. The van der Waals surface area contributed by atoms with Crippen LogP contribution in [0.25, 0.3) is 0 Å². The van der Waals surface area contributed by atoms with E-state index in [9.17, 15) is 0 Å². The minimum Gasteiger partial charge on any atom is -0.310 e. The predicted octanol–water partition coefficient (Wildman–Crippen LogP) is 4.39. The highest BCUT2D eigenvalue weighted by atomic mass is 32.2. The molecule has 0 spiro atoms. The van der Waals surface area contributed by atoms with Gasteiger partial charge < -0.3 is 5.32 Å². The molecule has 0 amide bonds. The summed E-state index contributed by atoms with van der Waals surface area (Å²) in [6.45, 7) is 9.99. The monoisotopic (exact) mass is 265 g/mol. The van der Waals surface area contributed by atoms with Crippen molar-refractivity contribution in [3.05, 3.63) is 35.4 Å². The average Bonchev–Trinajstić information content (AvgIpc) is 2.33. The summed E-state index contributed by atoms with van der Waals surface area (Å²) in [6, 6.07) is 9.62. The molecule has 2 heteroatoms. The molecule has 1 unspecified atom stereocenters. The lowest BCUT2D eigenvalue weighted by Crippen LogP contribution is -2.21. The molecule has 0 aliphatic rings. The summed E-state index contributed by atoms with van der Waals surface area (Å²) in [5, 5.41) is 3.58. The van der Waals surface area contributed by atoms with Gasteiger partial charge in [0.15, 0.2) is 0 Å². The van der Waals surface area contributed by atoms with Crippen LogP contribution in [0.3, 0.4) is 0 Å². The molecule has 0 saturated heterocycles. The molecule has 1 atom stereocenters. The summed E-state index contributed by atoms with van der Waals surface area (Å²) in [7, 11) is 0. The van der Waals surface area contributed by atoms with Crippen LogP contribution in [0, 0.1) is 0 Å². The lowest BCUT2D eigenvalue weighted by molar-refractivity contribution is 0.539. The van der Waals surface area contributed by atoms with Gasteiger partial charge in [0.05, 0.1) is 0 Å². The Hall–Kier alpha value is -0.470. The van der Waals surface area contributed by atoms with Crippen molar-refractivity contribution in [2.24, 2.45) is 0 Å². The first-order chi connectivity index (χ1) is 8.49. The van der Waals surface area contributed by atoms with E-state index in [0.29, 0.717) is 6.04 Å². The Balaban J connectivity index is 2.79. The van der Waals surface area contributed by atoms with Crippen molar-refractivity contribution >= 4 is 11.8 Å². The third-order valence-corrected chi connectivity index (χ3v) is 3.88. The van der Waals surface area contributed by atoms with Gasteiger partial charge in [0.25, 0.3) is 0 Å². The van der Waals surface area contributed by atoms with Crippen LogP contribution in [0.2, 0.25) is 0 Å². The maximum absolute atomic E-state index is 3.58. The molecular weight excluding hydrogens is 238 g/mol. The lowest BCUT2D eigenvalue weighted by atomic mass is 9.86. The zero-order chi connectivity index (χ0) is 13.6. The van der Waals surface area contributed by atoms with Gasteiger partial charge in [-0.15, -0.1) is 0 Å². The summed E-state index contributed by atoms with van der Waals surface area (Å²) in [4.78, 5) is 0. The predicted molar refractivity (Wildman–Crippen MR) is 84.6 cm³/mol. The molecule has 0 radical (unpaired) electrons. The SMILES string of the molecule is CCNC(CCSC)c1ccc(C(C)(C)C)cc1. The van der Waals surface area contributed by atoms with Crippen LogP contribution in [-0.4, -0.2) is 18.6 Å². The summed E-state index contributed by atoms with van der Waals surface area (Å²) < 4.78 is 0. The summed E-state index contributed by atoms with van der Waals surface area (Å²) in [6.07, 6.45) is 3.37. The second-order valence-corrected chi connectivity index (χ2v) is 6.75. The second kappa shape index (κ2) is 7.20. The van der Waals surface area contributed by atoms with Crippen molar-refractivity contribution in [1.82, 2.24) is 5.32 Å². The maximum atomic E-state index is 3.58. The van der Waals surface area contributed by atoms with Crippen LogP contribution in [0.15, 0.2) is 24.3 Å². The number of thioether (sulfide) groups is 1. The molecule has 1 aromatic rings. The minimum atomic E-state index is 0.242. The second-order valence-electron chi connectivity index (χ2n) is 5.76. The van der Waals surface area contributed by atoms with Crippen molar-refractivity contribution in [2.45, 2.75) is 45.6 Å². The van der Waals surface area contributed by atoms with E-state index < -0.39 is 0 Å². The van der Waals surface area contributed by atoms with Gasteiger partial charge in [-0.05, 0) is 41.5 Å². The zero-order valence-electron chi connectivity index (χ0n) is 12.4. The highest BCUT2D eigenvalue weighted by molar-refractivity contribution is 7.98. The van der Waals surface area contributed by atoms with Crippen molar-refractivity contribution in [3.63, 3.8) is 0 Å². The van der Waals surface area contributed by atoms with Gasteiger partial charge in [-0.3, -0.25) is 0 Å². The van der Waals surface area contributed by atoms with E-state index in [2.05, 4.69) is 63.5 Å². The fourth-order valence-corrected chi connectivity index (χ4v) is 2.56. The third kappa shape index (κ3) is 4.66. The number of rotatable bonds is 6. The number of nitrogens with one attached hydrogen (secondary N) is 1. The Morgan fingerprint density at radius 2 is 1.78 bits per heavy atom. The normalized spacial score (nSPS) is 13.6. The first kappa shape index (κ1) is 15.6. The molecule has 0 heterocycles. The molecule has 102 valence electrons. The van der Waals surface area contributed by atoms with Crippen LogP contribution in [0.5, 0.6) is 0 Å². The minimum absolute atomic E-state index is 0.242. The molecule has 1 rings (SSSR count). The van der Waals surface area contributed by atoms with Gasteiger partial charge in [-0.1, -0.05) is 52.0 Å². The van der Waals surface area contributed by atoms with Crippen molar-refractivity contribution in [3.8, 4) is 0 Å². The number of benzene rings is 1. The van der Waals surface area contributed by atoms with E-state index in [1.165, 1.54) is 23.3 Å². The lowest BCUT2D eigenvalue weighted by Gasteiger charge is -2.22. The van der Waals surface area contributed by atoms with E-state index in [1.807, 2.05) is 11.8 Å². The first-order valence-electron chi connectivity index (χ1n) is 6.81. The Morgan fingerprint density at radius 3 is 2.22 bits per heavy atom. The van der Waals surface area contributed by atoms with Gasteiger partial charge >= 0.3 is 0 Å². The van der Waals surface area contributed by atoms with Gasteiger partial charge in [0.1, 0.15) is 0 Å². The van der Waals surface area contributed by atoms with Gasteiger partial charge in [0, 0.05) is 6.04 Å². The molecule has 0 bridgehead atoms. The fraction of sp³-hybridized carbons (Fsp3) is 0.625. The largest absolute Gasteiger partial charge is 0.310 e. The molecule has 1 nitrogen and oxygen atoms in total. The molecule has 0 aliphatic heterocycles. The number of hydrogen-bond acceptors (Lipinski definition) is 2.